The van der Waals surface area contributed by atoms with E-state index < -0.39 is 0 Å². The van der Waals surface area contributed by atoms with Gasteiger partial charge in [0.1, 0.15) is 0 Å². The molecule has 2 aromatic rings. The van der Waals surface area contributed by atoms with Gasteiger partial charge in [-0.2, -0.15) is 0 Å². The van der Waals surface area contributed by atoms with Gasteiger partial charge in [-0.05, 0) is 50.5 Å². The molecule has 1 heterocycles. The predicted molar refractivity (Wildman–Crippen MR) is 100 cm³/mol. The molecule has 1 aliphatic rings. The van der Waals surface area contributed by atoms with Crippen molar-refractivity contribution in [2.75, 3.05) is 17.7 Å². The Bertz CT molecular complexity index is 723. The molecule has 1 saturated heterocycles. The van der Waals surface area contributed by atoms with Crippen molar-refractivity contribution in [1.29, 1.82) is 0 Å². The fraction of sp³-hybridized carbons (Fsp3) is 0.350. The number of rotatable bonds is 5. The molecule has 0 aliphatic carbocycles. The van der Waals surface area contributed by atoms with Gasteiger partial charge in [0.05, 0.1) is 11.7 Å². The molecule has 3 nitrogen and oxygen atoms in total. The van der Waals surface area contributed by atoms with Crippen LogP contribution in [0.25, 0.3) is 0 Å². The minimum atomic E-state index is -0.0580. The van der Waals surface area contributed by atoms with Crippen molar-refractivity contribution in [3.8, 4) is 0 Å². The van der Waals surface area contributed by atoms with Crippen LogP contribution in [-0.4, -0.2) is 24.4 Å². The number of anilines is 1. The molecule has 2 aromatic carbocycles. The van der Waals surface area contributed by atoms with Crippen LogP contribution < -0.4 is 5.32 Å². The van der Waals surface area contributed by atoms with Crippen LogP contribution in [-0.2, 0) is 4.74 Å². The molecule has 0 bridgehead atoms. The average Bonchev–Trinajstić information content (AvgIpc) is 3.09. The number of hydrogen-bond donors (Lipinski definition) is 1. The predicted octanol–water partition coefficient (Wildman–Crippen LogP) is 4.83. The van der Waals surface area contributed by atoms with Gasteiger partial charge in [0.25, 0.3) is 5.91 Å². The maximum atomic E-state index is 12.7. The number of carbonyl (C=O) groups is 1. The summed E-state index contributed by atoms with van der Waals surface area (Å²) in [4.78, 5) is 13.7. The van der Waals surface area contributed by atoms with Crippen molar-refractivity contribution < 1.29 is 9.53 Å². The first-order chi connectivity index (χ1) is 11.6. The number of thioether (sulfide) groups is 1. The summed E-state index contributed by atoms with van der Waals surface area (Å²) in [6, 6.07) is 13.8. The maximum Gasteiger partial charge on any atom is 0.256 e. The molecule has 3 rings (SSSR count). The summed E-state index contributed by atoms with van der Waals surface area (Å²) in [7, 11) is 0. The van der Waals surface area contributed by atoms with Crippen LogP contribution in [0.4, 0.5) is 5.69 Å². The van der Waals surface area contributed by atoms with Gasteiger partial charge in [0.15, 0.2) is 0 Å². The summed E-state index contributed by atoms with van der Waals surface area (Å²) >= 11 is 1.70. The van der Waals surface area contributed by atoms with Crippen molar-refractivity contribution >= 4 is 23.4 Å². The van der Waals surface area contributed by atoms with E-state index in [4.69, 9.17) is 4.74 Å². The first-order valence-corrected chi connectivity index (χ1v) is 9.34. The van der Waals surface area contributed by atoms with Gasteiger partial charge in [-0.3, -0.25) is 4.79 Å². The van der Waals surface area contributed by atoms with E-state index >= 15 is 0 Å². The summed E-state index contributed by atoms with van der Waals surface area (Å²) in [5.74, 6) is 0.839. The maximum absolute atomic E-state index is 12.7. The van der Waals surface area contributed by atoms with Gasteiger partial charge in [0.2, 0.25) is 0 Å². The van der Waals surface area contributed by atoms with Crippen molar-refractivity contribution in [1.82, 2.24) is 0 Å². The van der Waals surface area contributed by atoms with E-state index in [0.717, 1.165) is 46.9 Å². The van der Waals surface area contributed by atoms with Crippen LogP contribution in [0.5, 0.6) is 0 Å². The van der Waals surface area contributed by atoms with Crippen LogP contribution in [0.3, 0.4) is 0 Å². The van der Waals surface area contributed by atoms with E-state index in [1.807, 2.05) is 43.3 Å². The van der Waals surface area contributed by atoms with Crippen molar-refractivity contribution in [2.24, 2.45) is 0 Å². The zero-order valence-electron chi connectivity index (χ0n) is 14.2. The van der Waals surface area contributed by atoms with Crippen molar-refractivity contribution in [2.45, 2.75) is 37.7 Å². The molecule has 24 heavy (non-hydrogen) atoms. The second-order valence-electron chi connectivity index (χ2n) is 6.21. The van der Waals surface area contributed by atoms with E-state index in [1.54, 1.807) is 11.8 Å². The van der Waals surface area contributed by atoms with Gasteiger partial charge in [-0.25, -0.2) is 0 Å². The smallest absolute Gasteiger partial charge is 0.256 e. The second kappa shape index (κ2) is 7.86. The lowest BCUT2D eigenvalue weighted by Gasteiger charge is -2.13. The number of benzene rings is 2. The zero-order chi connectivity index (χ0) is 16.9. The number of hydrogen-bond acceptors (Lipinski definition) is 3. The molecule has 1 fully saturated rings. The number of amides is 1. The van der Waals surface area contributed by atoms with Gasteiger partial charge >= 0.3 is 0 Å². The highest BCUT2D eigenvalue weighted by atomic mass is 32.2. The van der Waals surface area contributed by atoms with Crippen molar-refractivity contribution in [3.63, 3.8) is 0 Å². The lowest BCUT2D eigenvalue weighted by Crippen LogP contribution is -2.14. The third kappa shape index (κ3) is 4.19. The molecule has 0 aromatic heterocycles. The third-order valence-corrected chi connectivity index (χ3v) is 5.42. The monoisotopic (exact) mass is 341 g/mol. The standard InChI is InChI=1S/C20H23NO2S/c1-14-9-10-18(15(2)12-14)21-20(22)17-7-3-4-8-19(17)24-13-16-6-5-11-23-16/h3-4,7-10,12,16H,5-6,11,13H2,1-2H3,(H,21,22)/t16-/m0/s1. The summed E-state index contributed by atoms with van der Waals surface area (Å²) in [6.07, 6.45) is 2.56. The Kier molecular flexibility index (Phi) is 5.59. The molecular formula is C20H23NO2S. The lowest BCUT2D eigenvalue weighted by molar-refractivity contribution is 0.102. The Morgan fingerprint density at radius 2 is 2.08 bits per heavy atom. The molecule has 0 saturated carbocycles. The lowest BCUT2D eigenvalue weighted by atomic mass is 10.1. The van der Waals surface area contributed by atoms with Gasteiger partial charge in [-0.1, -0.05) is 29.8 Å². The Labute approximate surface area is 147 Å². The highest BCUT2D eigenvalue weighted by Gasteiger charge is 2.18. The second-order valence-corrected chi connectivity index (χ2v) is 7.28. The molecule has 0 radical (unpaired) electrons. The highest BCUT2D eigenvalue weighted by molar-refractivity contribution is 7.99. The van der Waals surface area contributed by atoms with Crippen molar-refractivity contribution in [3.05, 3.63) is 59.2 Å². The minimum Gasteiger partial charge on any atom is -0.377 e. The Morgan fingerprint density at radius 1 is 1.25 bits per heavy atom. The first-order valence-electron chi connectivity index (χ1n) is 8.35. The summed E-state index contributed by atoms with van der Waals surface area (Å²) in [6.45, 7) is 4.93. The summed E-state index contributed by atoms with van der Waals surface area (Å²) in [5, 5.41) is 3.04. The van der Waals surface area contributed by atoms with Gasteiger partial charge in [0, 0.05) is 22.9 Å². The highest BCUT2D eigenvalue weighted by Crippen LogP contribution is 2.27. The van der Waals surface area contributed by atoms with Crippen LogP contribution >= 0.6 is 11.8 Å². The summed E-state index contributed by atoms with van der Waals surface area (Å²) in [5.41, 5.74) is 3.86. The fourth-order valence-electron chi connectivity index (χ4n) is 2.88. The number of nitrogens with one attached hydrogen (secondary N) is 1. The number of ether oxygens (including phenoxy) is 1. The molecule has 0 unspecified atom stereocenters. The molecule has 1 aliphatic heterocycles. The third-order valence-electron chi connectivity index (χ3n) is 4.21. The minimum absolute atomic E-state index is 0.0580. The Balaban J connectivity index is 1.72. The molecule has 4 heteroatoms. The molecule has 126 valence electrons. The normalized spacial score (nSPS) is 17.0. The summed E-state index contributed by atoms with van der Waals surface area (Å²) < 4.78 is 5.68. The molecule has 0 spiro atoms. The fourth-order valence-corrected chi connectivity index (χ4v) is 4.00. The van der Waals surface area contributed by atoms with Crippen LogP contribution in [0.15, 0.2) is 47.4 Å². The Hall–Kier alpha value is -1.78. The first kappa shape index (κ1) is 17.1. The van der Waals surface area contributed by atoms with E-state index in [1.165, 1.54) is 5.56 Å². The zero-order valence-corrected chi connectivity index (χ0v) is 15.0. The van der Waals surface area contributed by atoms with E-state index in [2.05, 4.69) is 18.3 Å². The van der Waals surface area contributed by atoms with Gasteiger partial charge < -0.3 is 10.1 Å². The average molecular weight is 341 g/mol. The number of aryl methyl sites for hydroxylation is 2. The molecular weight excluding hydrogens is 318 g/mol. The van der Waals surface area contributed by atoms with E-state index in [-0.39, 0.29) is 5.91 Å². The van der Waals surface area contributed by atoms with E-state index in [0.29, 0.717) is 6.10 Å². The largest absolute Gasteiger partial charge is 0.377 e. The quantitative estimate of drug-likeness (QED) is 0.792. The Morgan fingerprint density at radius 3 is 2.83 bits per heavy atom. The molecule has 1 amide bonds. The van der Waals surface area contributed by atoms with Crippen LogP contribution in [0, 0.1) is 13.8 Å². The number of carbonyl (C=O) groups excluding carboxylic acids is 1. The van der Waals surface area contributed by atoms with Gasteiger partial charge in [-0.15, -0.1) is 11.8 Å². The van der Waals surface area contributed by atoms with E-state index in [9.17, 15) is 4.79 Å². The van der Waals surface area contributed by atoms with Crippen LogP contribution in [0.2, 0.25) is 0 Å². The molecule has 1 atom stereocenters. The van der Waals surface area contributed by atoms with Crippen LogP contribution in [0.1, 0.15) is 34.3 Å². The SMILES string of the molecule is Cc1ccc(NC(=O)c2ccccc2SC[C@@H]2CCCO2)c(C)c1. The molecule has 1 N–H and O–H groups in total. The topological polar surface area (TPSA) is 38.3 Å².